The van der Waals surface area contributed by atoms with E-state index in [0.717, 1.165) is 47.9 Å². The van der Waals surface area contributed by atoms with Gasteiger partial charge in [-0.1, -0.05) is 12.1 Å². The average molecular weight is 464 g/mol. The second-order valence-electron chi connectivity index (χ2n) is 8.72. The molecule has 0 radical (unpaired) electrons. The molecule has 0 saturated carbocycles. The number of amides is 1. The Kier molecular flexibility index (Phi) is 5.76. The first-order valence-corrected chi connectivity index (χ1v) is 12.0. The summed E-state index contributed by atoms with van der Waals surface area (Å²) in [5.41, 5.74) is 2.26. The molecule has 7 heteroatoms. The molecule has 2 aromatic carbocycles. The topological polar surface area (TPSA) is 45.7 Å². The lowest BCUT2D eigenvalue weighted by Crippen LogP contribution is -2.56. The number of carbonyl (C=O) groups is 1. The van der Waals surface area contributed by atoms with Crippen molar-refractivity contribution in [2.45, 2.75) is 37.9 Å². The smallest absolute Gasteiger partial charge is 0.251 e. The third-order valence-electron chi connectivity index (χ3n) is 6.65. The highest BCUT2D eigenvalue weighted by atomic mass is 32.1. The van der Waals surface area contributed by atoms with E-state index in [0.29, 0.717) is 5.69 Å². The number of hydrogen-bond acceptors (Lipinski definition) is 5. The number of thiazole rings is 1. The van der Waals surface area contributed by atoms with E-state index in [4.69, 9.17) is 9.72 Å². The van der Waals surface area contributed by atoms with Crippen molar-refractivity contribution in [3.63, 3.8) is 0 Å². The summed E-state index contributed by atoms with van der Waals surface area (Å²) in [6.07, 6.45) is 5.24. The molecule has 0 unspecified atom stereocenters. The van der Waals surface area contributed by atoms with Crippen LogP contribution in [0.2, 0.25) is 0 Å². The quantitative estimate of drug-likeness (QED) is 0.516. The van der Waals surface area contributed by atoms with Crippen LogP contribution in [0.5, 0.6) is 5.75 Å². The minimum Gasteiger partial charge on any atom is -0.497 e. The van der Waals surface area contributed by atoms with Gasteiger partial charge in [-0.05, 0) is 62.2 Å². The molecule has 3 heterocycles. The zero-order chi connectivity index (χ0) is 23.0. The number of methoxy groups -OCH3 is 1. The summed E-state index contributed by atoms with van der Waals surface area (Å²) >= 11 is 1.67. The largest absolute Gasteiger partial charge is 0.497 e. The molecule has 0 N–H and O–H groups in total. The maximum Gasteiger partial charge on any atom is 0.251 e. The fourth-order valence-electron chi connectivity index (χ4n) is 4.94. The van der Waals surface area contributed by atoms with Crippen LogP contribution in [0, 0.1) is 5.82 Å². The van der Waals surface area contributed by atoms with E-state index in [-0.39, 0.29) is 17.8 Å². The number of likely N-dealkylation sites (tertiary alicyclic amines) is 1. The van der Waals surface area contributed by atoms with Gasteiger partial charge in [-0.25, -0.2) is 9.37 Å². The number of rotatable bonds is 5. The summed E-state index contributed by atoms with van der Waals surface area (Å²) in [4.78, 5) is 21.7. The molecule has 5 nitrogen and oxygen atoms in total. The van der Waals surface area contributed by atoms with Gasteiger partial charge in [0, 0.05) is 35.3 Å². The maximum atomic E-state index is 13.9. The summed E-state index contributed by atoms with van der Waals surface area (Å²) in [7, 11) is 1.66. The summed E-state index contributed by atoms with van der Waals surface area (Å²) in [6.45, 7) is 3.80. The molecule has 2 aliphatic rings. The van der Waals surface area contributed by atoms with Crippen molar-refractivity contribution in [2.75, 3.05) is 18.6 Å². The van der Waals surface area contributed by atoms with Gasteiger partial charge in [0.15, 0.2) is 0 Å². The van der Waals surface area contributed by atoms with Crippen LogP contribution < -0.4 is 9.64 Å². The van der Waals surface area contributed by atoms with Gasteiger partial charge >= 0.3 is 0 Å². The Labute approximate surface area is 197 Å². The van der Waals surface area contributed by atoms with E-state index in [1.165, 1.54) is 12.1 Å². The van der Waals surface area contributed by atoms with E-state index in [1.54, 1.807) is 35.5 Å². The number of piperidine rings is 1. The molecule has 0 aliphatic carbocycles. The van der Waals surface area contributed by atoms with Crippen molar-refractivity contribution >= 4 is 22.9 Å². The summed E-state index contributed by atoms with van der Waals surface area (Å²) in [5.74, 6) is 0.423. The van der Waals surface area contributed by atoms with E-state index in [9.17, 15) is 9.18 Å². The van der Waals surface area contributed by atoms with Crippen LogP contribution in [0.15, 0.2) is 66.1 Å². The van der Waals surface area contributed by atoms with E-state index in [2.05, 4.69) is 17.2 Å². The first-order chi connectivity index (χ1) is 16.0. The highest BCUT2D eigenvalue weighted by Gasteiger charge is 2.46. The van der Waals surface area contributed by atoms with Gasteiger partial charge in [0.1, 0.15) is 16.6 Å². The van der Waals surface area contributed by atoms with Crippen molar-refractivity contribution in [1.82, 2.24) is 9.88 Å². The number of halogens is 1. The zero-order valence-electron chi connectivity index (χ0n) is 18.7. The Morgan fingerprint density at radius 3 is 2.79 bits per heavy atom. The zero-order valence-corrected chi connectivity index (χ0v) is 19.5. The lowest BCUT2D eigenvalue weighted by Gasteiger charge is -2.47. The number of nitrogens with zero attached hydrogens (tertiary/aromatic N) is 3. The average Bonchev–Trinajstić information content (AvgIpc) is 3.40. The fourth-order valence-corrected chi connectivity index (χ4v) is 5.76. The van der Waals surface area contributed by atoms with Crippen LogP contribution >= 0.6 is 11.3 Å². The van der Waals surface area contributed by atoms with Crippen LogP contribution in [0.25, 0.3) is 11.3 Å². The molecule has 1 saturated heterocycles. The third kappa shape index (κ3) is 4.18. The van der Waals surface area contributed by atoms with Gasteiger partial charge in [0.25, 0.3) is 5.91 Å². The standard InChI is InChI=1S/C26H26FN3O2S/c1-18-15-26(11-10-25(31)30(26)21-5-3-4-20(27)14-21)12-13-29(18)16-24-28-23(17-33-24)19-6-8-22(32-2)9-7-19/h3-11,14,17-18H,12-13,15-16H2,1-2H3/t18-,26+/m1/s1. The van der Waals surface area contributed by atoms with Crippen molar-refractivity contribution < 1.29 is 13.9 Å². The summed E-state index contributed by atoms with van der Waals surface area (Å²) in [6, 6.07) is 14.5. The molecule has 0 bridgehead atoms. The lowest BCUT2D eigenvalue weighted by molar-refractivity contribution is -0.114. The third-order valence-corrected chi connectivity index (χ3v) is 7.48. The second-order valence-corrected chi connectivity index (χ2v) is 9.66. The Morgan fingerprint density at radius 2 is 2.06 bits per heavy atom. The van der Waals surface area contributed by atoms with Crippen LogP contribution in [0.1, 0.15) is 24.8 Å². The van der Waals surface area contributed by atoms with Crippen LogP contribution in [0.4, 0.5) is 10.1 Å². The monoisotopic (exact) mass is 463 g/mol. The van der Waals surface area contributed by atoms with Gasteiger partial charge in [-0.3, -0.25) is 14.6 Å². The summed E-state index contributed by atoms with van der Waals surface area (Å²) in [5, 5.41) is 3.17. The first kappa shape index (κ1) is 21.8. The molecule has 1 amide bonds. The van der Waals surface area contributed by atoms with Crippen LogP contribution in [-0.4, -0.2) is 41.0 Å². The molecular weight excluding hydrogens is 437 g/mol. The molecular formula is C26H26FN3O2S. The minimum atomic E-state index is -0.405. The molecule has 1 fully saturated rings. The summed E-state index contributed by atoms with van der Waals surface area (Å²) < 4.78 is 19.1. The molecule has 3 aromatic rings. The molecule has 5 rings (SSSR count). The van der Waals surface area contributed by atoms with Crippen molar-refractivity contribution in [1.29, 1.82) is 0 Å². The van der Waals surface area contributed by atoms with Crippen molar-refractivity contribution in [2.24, 2.45) is 0 Å². The van der Waals surface area contributed by atoms with Gasteiger partial charge in [-0.2, -0.15) is 0 Å². The fraction of sp³-hybridized carbons (Fsp3) is 0.308. The number of benzene rings is 2. The van der Waals surface area contributed by atoms with Gasteiger partial charge in [0.2, 0.25) is 0 Å². The molecule has 170 valence electrons. The van der Waals surface area contributed by atoms with Gasteiger partial charge in [0.05, 0.1) is 24.9 Å². The Bertz CT molecular complexity index is 1190. The Balaban J connectivity index is 1.29. The Hall–Kier alpha value is -3.03. The number of anilines is 1. The predicted molar refractivity (Wildman–Crippen MR) is 129 cm³/mol. The minimum absolute atomic E-state index is 0.0784. The second kappa shape index (κ2) is 8.72. The molecule has 2 aliphatic heterocycles. The Morgan fingerprint density at radius 1 is 1.24 bits per heavy atom. The van der Waals surface area contributed by atoms with Crippen LogP contribution in [-0.2, 0) is 11.3 Å². The van der Waals surface area contributed by atoms with Crippen LogP contribution in [0.3, 0.4) is 0 Å². The highest BCUT2D eigenvalue weighted by molar-refractivity contribution is 7.09. The first-order valence-electron chi connectivity index (χ1n) is 11.1. The number of ether oxygens (including phenoxy) is 1. The SMILES string of the molecule is COc1ccc(-c2csc(CN3CC[C@@]4(C=CC(=O)N4c4cccc(F)c4)C[C@H]3C)n2)cc1. The van der Waals surface area contributed by atoms with E-state index >= 15 is 0 Å². The number of hydrogen-bond donors (Lipinski definition) is 0. The number of carbonyl (C=O) groups excluding carboxylic acids is 1. The molecule has 1 aromatic heterocycles. The normalized spacial score (nSPS) is 22.9. The van der Waals surface area contributed by atoms with Crippen molar-refractivity contribution in [3.8, 4) is 17.0 Å². The van der Waals surface area contributed by atoms with E-state index in [1.807, 2.05) is 36.4 Å². The van der Waals surface area contributed by atoms with Gasteiger partial charge in [-0.15, -0.1) is 11.3 Å². The molecule has 1 spiro atoms. The molecule has 2 atom stereocenters. The maximum absolute atomic E-state index is 13.9. The van der Waals surface area contributed by atoms with E-state index < -0.39 is 5.54 Å². The lowest BCUT2D eigenvalue weighted by atomic mass is 9.83. The number of aromatic nitrogens is 1. The molecule has 33 heavy (non-hydrogen) atoms. The predicted octanol–water partition coefficient (Wildman–Crippen LogP) is 5.28. The van der Waals surface area contributed by atoms with Crippen molar-refractivity contribution in [3.05, 3.63) is 76.9 Å². The highest BCUT2D eigenvalue weighted by Crippen LogP contribution is 2.41. The van der Waals surface area contributed by atoms with Gasteiger partial charge < -0.3 is 4.74 Å².